The van der Waals surface area contributed by atoms with Crippen LogP contribution < -0.4 is 5.56 Å². The zero-order valence-electron chi connectivity index (χ0n) is 17.2. The maximum absolute atomic E-state index is 13.2. The third-order valence-electron chi connectivity index (χ3n) is 5.78. The van der Waals surface area contributed by atoms with Gasteiger partial charge in [0.05, 0.1) is 4.90 Å². The van der Waals surface area contributed by atoms with E-state index < -0.39 is 15.4 Å². The lowest BCUT2D eigenvalue weighted by molar-refractivity contribution is -0.133. The molecule has 0 atom stereocenters. The van der Waals surface area contributed by atoms with Crippen molar-refractivity contribution in [2.24, 2.45) is 0 Å². The van der Waals surface area contributed by atoms with Crippen LogP contribution in [0.2, 0.25) is 0 Å². The molecule has 1 saturated carbocycles. The van der Waals surface area contributed by atoms with Crippen molar-refractivity contribution in [2.45, 2.75) is 68.3 Å². The summed E-state index contributed by atoms with van der Waals surface area (Å²) in [5.41, 5.74) is 0.322. The van der Waals surface area contributed by atoms with E-state index in [9.17, 15) is 18.0 Å². The van der Waals surface area contributed by atoms with Gasteiger partial charge in [-0.05, 0) is 50.5 Å². The van der Waals surface area contributed by atoms with Gasteiger partial charge in [0, 0.05) is 18.8 Å². The van der Waals surface area contributed by atoms with Crippen LogP contribution >= 0.6 is 0 Å². The molecule has 0 N–H and O–H groups in total. The molecule has 1 aliphatic rings. The van der Waals surface area contributed by atoms with E-state index in [4.69, 9.17) is 0 Å². The zero-order chi connectivity index (χ0) is 21.2. The van der Waals surface area contributed by atoms with Gasteiger partial charge in [-0.2, -0.15) is 0 Å². The van der Waals surface area contributed by atoms with Gasteiger partial charge in [-0.25, -0.2) is 8.42 Å². The molecular formula is C22H28N2O4S. The minimum Gasteiger partial charge on any atom is -0.341 e. The molecule has 1 fully saturated rings. The topological polar surface area (TPSA) is 76.5 Å². The minimum atomic E-state index is -3.97. The van der Waals surface area contributed by atoms with E-state index in [1.54, 1.807) is 50.1 Å². The smallest absolute Gasteiger partial charge is 0.270 e. The third kappa shape index (κ3) is 4.29. The highest BCUT2D eigenvalue weighted by Crippen LogP contribution is 2.23. The first-order valence-electron chi connectivity index (χ1n) is 10.0. The van der Waals surface area contributed by atoms with Gasteiger partial charge in [-0.1, -0.05) is 37.5 Å². The van der Waals surface area contributed by atoms with Crippen molar-refractivity contribution >= 4 is 15.7 Å². The number of pyridine rings is 1. The second-order valence-corrected chi connectivity index (χ2v) is 9.69. The summed E-state index contributed by atoms with van der Waals surface area (Å²) in [6.45, 7) is 3.18. The van der Waals surface area contributed by atoms with Gasteiger partial charge in [0.1, 0.15) is 11.4 Å². The number of benzene rings is 1. The van der Waals surface area contributed by atoms with Crippen molar-refractivity contribution < 1.29 is 13.2 Å². The summed E-state index contributed by atoms with van der Waals surface area (Å²) >= 11 is 0. The first-order chi connectivity index (χ1) is 13.7. The summed E-state index contributed by atoms with van der Waals surface area (Å²) in [5, 5.41) is 0. The van der Waals surface area contributed by atoms with Crippen molar-refractivity contribution in [2.75, 3.05) is 7.05 Å². The first kappa shape index (κ1) is 21.3. The Morgan fingerprint density at radius 2 is 1.72 bits per heavy atom. The van der Waals surface area contributed by atoms with Crippen molar-refractivity contribution in [3.8, 4) is 0 Å². The summed E-state index contributed by atoms with van der Waals surface area (Å²) < 4.78 is 27.5. The highest BCUT2D eigenvalue weighted by molar-refractivity contribution is 7.91. The van der Waals surface area contributed by atoms with E-state index in [0.29, 0.717) is 11.3 Å². The van der Waals surface area contributed by atoms with E-state index >= 15 is 0 Å². The molecule has 6 nitrogen and oxygen atoms in total. The molecular weight excluding hydrogens is 388 g/mol. The number of nitrogens with zero attached hydrogens (tertiary/aromatic N) is 2. The quantitative estimate of drug-likeness (QED) is 0.751. The minimum absolute atomic E-state index is 0.0706. The summed E-state index contributed by atoms with van der Waals surface area (Å²) in [4.78, 5) is 27.6. The molecule has 0 bridgehead atoms. The maximum Gasteiger partial charge on any atom is 0.270 e. The van der Waals surface area contributed by atoms with Crippen LogP contribution in [0, 0.1) is 13.8 Å². The van der Waals surface area contributed by atoms with Crippen molar-refractivity contribution in [3.05, 3.63) is 58.0 Å². The molecule has 0 saturated heterocycles. The largest absolute Gasteiger partial charge is 0.341 e. The Morgan fingerprint density at radius 3 is 2.34 bits per heavy atom. The molecule has 1 amide bonds. The van der Waals surface area contributed by atoms with E-state index in [2.05, 4.69) is 0 Å². The van der Waals surface area contributed by atoms with Crippen molar-refractivity contribution in [1.29, 1.82) is 0 Å². The Morgan fingerprint density at radius 1 is 1.10 bits per heavy atom. The second kappa shape index (κ2) is 8.53. The number of carbonyl (C=O) groups is 1. The van der Waals surface area contributed by atoms with Crippen molar-refractivity contribution in [1.82, 2.24) is 9.47 Å². The molecule has 1 aliphatic carbocycles. The molecule has 156 valence electrons. The highest BCUT2D eigenvalue weighted by Gasteiger charge is 2.27. The molecule has 2 aromatic rings. The number of hydrogen-bond acceptors (Lipinski definition) is 4. The molecule has 1 aromatic heterocycles. The highest BCUT2D eigenvalue weighted by atomic mass is 32.2. The fourth-order valence-corrected chi connectivity index (χ4v) is 5.64. The number of rotatable bonds is 5. The predicted octanol–water partition coefficient (Wildman–Crippen LogP) is 3.09. The lowest BCUT2D eigenvalue weighted by Gasteiger charge is -2.31. The monoisotopic (exact) mass is 416 g/mol. The number of sulfone groups is 1. The molecule has 1 heterocycles. The average molecular weight is 417 g/mol. The standard InChI is InChI=1S/C22H28N2O4S/c1-16-14-17(2)24(15-20(25)23(3)18-10-6-4-7-11-18)22(26)21(16)29(27,28)19-12-8-5-9-13-19/h5,8-9,12-14,18H,4,6-7,10-11,15H2,1-3H3. The van der Waals surface area contributed by atoms with E-state index in [1.807, 2.05) is 0 Å². The Bertz CT molecular complexity index is 1050. The lowest BCUT2D eigenvalue weighted by Crippen LogP contribution is -2.42. The van der Waals surface area contributed by atoms with Gasteiger partial charge in [0.2, 0.25) is 15.7 Å². The summed E-state index contributed by atoms with van der Waals surface area (Å²) in [7, 11) is -2.20. The van der Waals surface area contributed by atoms with Crippen LogP contribution in [0.25, 0.3) is 0 Å². The van der Waals surface area contributed by atoms with Crippen LogP contribution in [0.4, 0.5) is 0 Å². The molecule has 0 unspecified atom stereocenters. The van der Waals surface area contributed by atoms with E-state index in [0.717, 1.165) is 25.7 Å². The Hall–Kier alpha value is -2.41. The van der Waals surface area contributed by atoms with Crippen LogP contribution in [0.1, 0.15) is 43.4 Å². The number of likely N-dealkylation sites (N-methyl/N-ethyl adjacent to an activating group) is 1. The molecule has 0 radical (unpaired) electrons. The lowest BCUT2D eigenvalue weighted by atomic mass is 9.94. The normalized spacial score (nSPS) is 15.3. The fourth-order valence-electron chi connectivity index (χ4n) is 4.07. The molecule has 0 aliphatic heterocycles. The zero-order valence-corrected chi connectivity index (χ0v) is 18.0. The van der Waals surface area contributed by atoms with E-state index in [-0.39, 0.29) is 28.3 Å². The fraction of sp³-hybridized carbons (Fsp3) is 0.455. The Balaban J connectivity index is 1.98. The average Bonchev–Trinajstić information content (AvgIpc) is 2.71. The Kier molecular flexibility index (Phi) is 6.27. The van der Waals surface area contributed by atoms with Crippen LogP contribution in [0.15, 0.2) is 51.0 Å². The number of amides is 1. The molecule has 29 heavy (non-hydrogen) atoms. The van der Waals surface area contributed by atoms with Crippen LogP contribution in [-0.4, -0.2) is 36.9 Å². The molecule has 1 aromatic carbocycles. The van der Waals surface area contributed by atoms with Gasteiger partial charge < -0.3 is 9.47 Å². The molecule has 3 rings (SSSR count). The third-order valence-corrected chi connectivity index (χ3v) is 7.71. The number of carbonyl (C=O) groups excluding carboxylic acids is 1. The van der Waals surface area contributed by atoms with Crippen molar-refractivity contribution in [3.63, 3.8) is 0 Å². The Labute approximate surface area is 172 Å². The van der Waals surface area contributed by atoms with Gasteiger partial charge >= 0.3 is 0 Å². The number of aromatic nitrogens is 1. The van der Waals surface area contributed by atoms with Crippen LogP contribution in [0.3, 0.4) is 0 Å². The maximum atomic E-state index is 13.2. The van der Waals surface area contributed by atoms with Gasteiger partial charge in [-0.3, -0.25) is 9.59 Å². The number of hydrogen-bond donors (Lipinski definition) is 0. The summed E-state index contributed by atoms with van der Waals surface area (Å²) in [6, 6.07) is 9.76. The van der Waals surface area contributed by atoms with Gasteiger partial charge in [0.25, 0.3) is 5.56 Å². The molecule has 7 heteroatoms. The SMILES string of the molecule is Cc1cc(C)n(CC(=O)N(C)C2CCCCC2)c(=O)c1S(=O)(=O)c1ccccc1. The van der Waals surface area contributed by atoms with Crippen LogP contribution in [0.5, 0.6) is 0 Å². The summed E-state index contributed by atoms with van der Waals surface area (Å²) in [6.07, 6.45) is 5.33. The van der Waals surface area contributed by atoms with Gasteiger partial charge in [0.15, 0.2) is 0 Å². The van der Waals surface area contributed by atoms with Gasteiger partial charge in [-0.15, -0.1) is 0 Å². The first-order valence-corrected chi connectivity index (χ1v) is 11.5. The molecule has 0 spiro atoms. The van der Waals surface area contributed by atoms with Crippen LogP contribution in [-0.2, 0) is 21.2 Å². The second-order valence-electron chi connectivity index (χ2n) is 7.80. The summed E-state index contributed by atoms with van der Waals surface area (Å²) in [5.74, 6) is -0.172. The van der Waals surface area contributed by atoms with E-state index in [1.165, 1.54) is 23.1 Å². The predicted molar refractivity (Wildman–Crippen MR) is 112 cm³/mol. The number of aryl methyl sites for hydroxylation is 2.